The first-order valence-corrected chi connectivity index (χ1v) is 6.81. The summed E-state index contributed by atoms with van der Waals surface area (Å²) in [6.45, 7) is 4.07. The van der Waals surface area contributed by atoms with Gasteiger partial charge in [-0.25, -0.2) is 4.39 Å². The molecule has 2 aromatic rings. The predicted molar refractivity (Wildman–Crippen MR) is 77.0 cm³/mol. The van der Waals surface area contributed by atoms with Crippen LogP contribution in [0.2, 0.25) is 0 Å². The second-order valence-electron chi connectivity index (χ2n) is 5.28. The van der Waals surface area contributed by atoms with Gasteiger partial charge in [-0.3, -0.25) is 0 Å². The zero-order valence-electron chi connectivity index (χ0n) is 11.2. The molecule has 2 aromatic carbocycles. The Labute approximate surface area is 113 Å². The van der Waals surface area contributed by atoms with Crippen LogP contribution in [-0.4, -0.2) is 6.54 Å². The molecule has 2 heteroatoms. The molecular weight excluding hydrogens is 237 g/mol. The number of hydrogen-bond acceptors (Lipinski definition) is 1. The SMILES string of the molecule is Cc1ccc2c(c1)CCCN2Cc1ccc(F)cc1. The third-order valence-electron chi connectivity index (χ3n) is 3.74. The second kappa shape index (κ2) is 5.04. The third-order valence-corrected chi connectivity index (χ3v) is 3.74. The summed E-state index contributed by atoms with van der Waals surface area (Å²) < 4.78 is 12.9. The Balaban J connectivity index is 1.85. The Bertz CT molecular complexity index is 574. The van der Waals surface area contributed by atoms with Crippen molar-refractivity contribution in [2.45, 2.75) is 26.3 Å². The lowest BCUT2D eigenvalue weighted by Gasteiger charge is -2.31. The van der Waals surface area contributed by atoms with Crippen LogP contribution >= 0.6 is 0 Å². The number of anilines is 1. The van der Waals surface area contributed by atoms with Gasteiger partial charge in [0.05, 0.1) is 0 Å². The zero-order valence-corrected chi connectivity index (χ0v) is 11.2. The van der Waals surface area contributed by atoms with E-state index in [0.717, 1.165) is 25.1 Å². The highest BCUT2D eigenvalue weighted by molar-refractivity contribution is 5.57. The summed E-state index contributed by atoms with van der Waals surface area (Å²) in [7, 11) is 0. The lowest BCUT2D eigenvalue weighted by Crippen LogP contribution is -2.28. The van der Waals surface area contributed by atoms with Crippen LogP contribution in [0.3, 0.4) is 0 Å². The summed E-state index contributed by atoms with van der Waals surface area (Å²) in [6.07, 6.45) is 2.36. The van der Waals surface area contributed by atoms with Crippen LogP contribution in [0.4, 0.5) is 10.1 Å². The first kappa shape index (κ1) is 12.2. The molecule has 0 spiro atoms. The molecule has 0 saturated carbocycles. The van der Waals surface area contributed by atoms with E-state index in [-0.39, 0.29) is 5.82 Å². The largest absolute Gasteiger partial charge is 0.367 e. The molecule has 0 saturated heterocycles. The van der Waals surface area contributed by atoms with E-state index in [9.17, 15) is 4.39 Å². The maximum Gasteiger partial charge on any atom is 0.123 e. The number of aryl methyl sites for hydroxylation is 2. The molecule has 0 fully saturated rings. The van der Waals surface area contributed by atoms with E-state index in [4.69, 9.17) is 0 Å². The summed E-state index contributed by atoms with van der Waals surface area (Å²) in [5, 5.41) is 0. The van der Waals surface area contributed by atoms with E-state index < -0.39 is 0 Å². The summed E-state index contributed by atoms with van der Waals surface area (Å²) in [5.41, 5.74) is 5.26. The number of fused-ring (bicyclic) bond motifs is 1. The van der Waals surface area contributed by atoms with Crippen molar-refractivity contribution in [3.8, 4) is 0 Å². The molecule has 98 valence electrons. The molecule has 0 N–H and O–H groups in total. The van der Waals surface area contributed by atoms with Gasteiger partial charge >= 0.3 is 0 Å². The number of nitrogens with zero attached hydrogens (tertiary/aromatic N) is 1. The molecule has 0 unspecified atom stereocenters. The van der Waals surface area contributed by atoms with Gasteiger partial charge in [0.25, 0.3) is 0 Å². The average molecular weight is 255 g/mol. The minimum Gasteiger partial charge on any atom is -0.367 e. The Morgan fingerprint density at radius 1 is 1.11 bits per heavy atom. The van der Waals surface area contributed by atoms with E-state index in [2.05, 4.69) is 30.0 Å². The van der Waals surface area contributed by atoms with Crippen LogP contribution in [-0.2, 0) is 13.0 Å². The minimum absolute atomic E-state index is 0.168. The zero-order chi connectivity index (χ0) is 13.2. The van der Waals surface area contributed by atoms with Crippen molar-refractivity contribution < 1.29 is 4.39 Å². The highest BCUT2D eigenvalue weighted by Gasteiger charge is 2.16. The van der Waals surface area contributed by atoms with Gasteiger partial charge in [0.15, 0.2) is 0 Å². The van der Waals surface area contributed by atoms with Gasteiger partial charge < -0.3 is 4.90 Å². The van der Waals surface area contributed by atoms with Crippen molar-refractivity contribution in [1.82, 2.24) is 0 Å². The molecule has 0 atom stereocenters. The highest BCUT2D eigenvalue weighted by atomic mass is 19.1. The van der Waals surface area contributed by atoms with E-state index in [1.54, 1.807) is 0 Å². The van der Waals surface area contributed by atoms with Crippen molar-refractivity contribution >= 4 is 5.69 Å². The van der Waals surface area contributed by atoms with E-state index in [0.29, 0.717) is 0 Å². The minimum atomic E-state index is -0.168. The Morgan fingerprint density at radius 2 is 1.89 bits per heavy atom. The van der Waals surface area contributed by atoms with Crippen molar-refractivity contribution in [1.29, 1.82) is 0 Å². The van der Waals surface area contributed by atoms with Crippen LogP contribution in [0, 0.1) is 12.7 Å². The van der Waals surface area contributed by atoms with Crippen LogP contribution < -0.4 is 4.90 Å². The summed E-state index contributed by atoms with van der Waals surface area (Å²) in [6, 6.07) is 13.5. The van der Waals surface area contributed by atoms with Crippen LogP contribution in [0.5, 0.6) is 0 Å². The molecule has 1 aliphatic rings. The van der Waals surface area contributed by atoms with Gasteiger partial charge in [-0.15, -0.1) is 0 Å². The molecule has 19 heavy (non-hydrogen) atoms. The summed E-state index contributed by atoms with van der Waals surface area (Å²) >= 11 is 0. The van der Waals surface area contributed by atoms with Gasteiger partial charge in [0, 0.05) is 18.8 Å². The molecule has 1 aliphatic heterocycles. The average Bonchev–Trinajstić information content (AvgIpc) is 2.41. The maximum atomic E-state index is 12.9. The third kappa shape index (κ3) is 2.62. The number of hydrogen-bond donors (Lipinski definition) is 0. The second-order valence-corrected chi connectivity index (χ2v) is 5.28. The fraction of sp³-hybridized carbons (Fsp3) is 0.294. The fourth-order valence-electron chi connectivity index (χ4n) is 2.78. The number of halogens is 1. The Hall–Kier alpha value is -1.83. The maximum absolute atomic E-state index is 12.9. The van der Waals surface area contributed by atoms with Crippen LogP contribution in [0.25, 0.3) is 0 Å². The number of rotatable bonds is 2. The first-order valence-electron chi connectivity index (χ1n) is 6.81. The lowest BCUT2D eigenvalue weighted by molar-refractivity contribution is 0.626. The van der Waals surface area contributed by atoms with Gasteiger partial charge in [-0.1, -0.05) is 29.8 Å². The van der Waals surface area contributed by atoms with Crippen molar-refractivity contribution in [3.05, 3.63) is 65.0 Å². The molecule has 0 aromatic heterocycles. The number of benzene rings is 2. The Morgan fingerprint density at radius 3 is 2.68 bits per heavy atom. The van der Waals surface area contributed by atoms with E-state index in [1.807, 2.05) is 12.1 Å². The summed E-state index contributed by atoms with van der Waals surface area (Å²) in [5.74, 6) is -0.168. The smallest absolute Gasteiger partial charge is 0.123 e. The summed E-state index contributed by atoms with van der Waals surface area (Å²) in [4.78, 5) is 2.39. The van der Waals surface area contributed by atoms with Gasteiger partial charge in [-0.05, 0) is 49.1 Å². The normalized spacial score (nSPS) is 14.3. The van der Waals surface area contributed by atoms with Crippen molar-refractivity contribution in [2.24, 2.45) is 0 Å². The topological polar surface area (TPSA) is 3.24 Å². The van der Waals surface area contributed by atoms with Gasteiger partial charge in [0.1, 0.15) is 5.82 Å². The van der Waals surface area contributed by atoms with E-state index in [1.165, 1.54) is 35.4 Å². The molecule has 0 aliphatic carbocycles. The fourth-order valence-corrected chi connectivity index (χ4v) is 2.78. The molecular formula is C17H18FN. The first-order chi connectivity index (χ1) is 9.22. The van der Waals surface area contributed by atoms with E-state index >= 15 is 0 Å². The standard InChI is InChI=1S/C17H18FN/c1-13-4-9-17-15(11-13)3-2-10-19(17)12-14-5-7-16(18)8-6-14/h4-9,11H,2-3,10,12H2,1H3. The Kier molecular flexibility index (Phi) is 3.24. The van der Waals surface area contributed by atoms with Crippen molar-refractivity contribution in [3.63, 3.8) is 0 Å². The molecule has 1 heterocycles. The molecule has 1 nitrogen and oxygen atoms in total. The van der Waals surface area contributed by atoms with Crippen LogP contribution in [0.15, 0.2) is 42.5 Å². The predicted octanol–water partition coefficient (Wildman–Crippen LogP) is 4.09. The monoisotopic (exact) mass is 255 g/mol. The molecule has 0 radical (unpaired) electrons. The molecule has 0 amide bonds. The van der Waals surface area contributed by atoms with Gasteiger partial charge in [-0.2, -0.15) is 0 Å². The highest BCUT2D eigenvalue weighted by Crippen LogP contribution is 2.29. The lowest BCUT2D eigenvalue weighted by atomic mass is 9.99. The van der Waals surface area contributed by atoms with Gasteiger partial charge in [0.2, 0.25) is 0 Å². The molecule has 3 rings (SSSR count). The van der Waals surface area contributed by atoms with Crippen molar-refractivity contribution in [2.75, 3.05) is 11.4 Å². The molecule has 0 bridgehead atoms. The quantitative estimate of drug-likeness (QED) is 0.781. The van der Waals surface area contributed by atoms with Crippen LogP contribution in [0.1, 0.15) is 23.1 Å².